The van der Waals surface area contributed by atoms with E-state index in [1.165, 1.54) is 0 Å². The summed E-state index contributed by atoms with van der Waals surface area (Å²) in [7, 11) is 0. The Bertz CT molecular complexity index is 788. The molecule has 2 aromatic carbocycles. The highest BCUT2D eigenvalue weighted by atomic mass is 16.5. The predicted molar refractivity (Wildman–Crippen MR) is 103 cm³/mol. The second-order valence-corrected chi connectivity index (χ2v) is 6.43. The van der Waals surface area contributed by atoms with Crippen LogP contribution in [0.25, 0.3) is 4.85 Å². The maximum atomic E-state index is 7.46. The van der Waals surface area contributed by atoms with Crippen LogP contribution in [0, 0.1) is 13.5 Å². The van der Waals surface area contributed by atoms with Gasteiger partial charge >= 0.3 is 0 Å². The summed E-state index contributed by atoms with van der Waals surface area (Å²) in [5.41, 5.74) is 4.13. The number of hydrogen-bond donors (Lipinski definition) is 0. The molecule has 0 unspecified atom stereocenters. The van der Waals surface area contributed by atoms with E-state index in [-0.39, 0.29) is 0 Å². The van der Waals surface area contributed by atoms with Crippen molar-refractivity contribution in [3.05, 3.63) is 88.5 Å². The third kappa shape index (κ3) is 5.11. The van der Waals surface area contributed by atoms with Crippen molar-refractivity contribution in [2.75, 3.05) is 26.3 Å². The van der Waals surface area contributed by atoms with Gasteiger partial charge in [-0.05, 0) is 24.1 Å². The van der Waals surface area contributed by atoms with Crippen LogP contribution in [0.1, 0.15) is 16.7 Å². The first-order valence-corrected chi connectivity index (χ1v) is 8.91. The van der Waals surface area contributed by atoms with Crippen LogP contribution in [0.3, 0.4) is 0 Å². The lowest BCUT2D eigenvalue weighted by atomic mass is 10.1. The highest BCUT2D eigenvalue weighted by molar-refractivity contribution is 5.38. The number of rotatable bonds is 6. The molecule has 1 fully saturated rings. The molecule has 1 aliphatic rings. The molecule has 2 aromatic rings. The molecule has 0 radical (unpaired) electrons. The fourth-order valence-corrected chi connectivity index (χ4v) is 2.96. The molecule has 26 heavy (non-hydrogen) atoms. The minimum absolute atomic E-state index is 0.561. The van der Waals surface area contributed by atoms with Gasteiger partial charge in [0.15, 0.2) is 5.70 Å². The highest BCUT2D eigenvalue weighted by Gasteiger charge is 2.09. The summed E-state index contributed by atoms with van der Waals surface area (Å²) in [5.74, 6) is 0.888. The van der Waals surface area contributed by atoms with Gasteiger partial charge in [-0.15, -0.1) is 0 Å². The lowest BCUT2D eigenvalue weighted by Gasteiger charge is -2.25. The number of benzene rings is 2. The van der Waals surface area contributed by atoms with E-state index in [2.05, 4.69) is 27.9 Å². The van der Waals surface area contributed by atoms with Gasteiger partial charge in [-0.3, -0.25) is 0 Å². The Morgan fingerprint density at radius 2 is 1.92 bits per heavy atom. The second-order valence-electron chi connectivity index (χ2n) is 6.43. The largest absolute Gasteiger partial charge is 0.489 e. The van der Waals surface area contributed by atoms with Crippen molar-refractivity contribution >= 4 is 0 Å². The van der Waals surface area contributed by atoms with Crippen molar-refractivity contribution in [3.8, 4) is 5.75 Å². The Labute approximate surface area is 155 Å². The van der Waals surface area contributed by atoms with Crippen LogP contribution in [0.15, 0.2) is 60.4 Å². The Morgan fingerprint density at radius 3 is 2.62 bits per heavy atom. The fraction of sp³-hybridized carbons (Fsp3) is 0.318. The molecule has 1 saturated heterocycles. The molecule has 3 rings (SSSR count). The molecule has 0 aromatic heterocycles. The Hall–Kier alpha value is -2.77. The molecule has 1 heterocycles. The molecular formula is C22H24N2O2. The summed E-state index contributed by atoms with van der Waals surface area (Å²) in [4.78, 5) is 5.87. The molecule has 0 N–H and O–H groups in total. The lowest BCUT2D eigenvalue weighted by Crippen LogP contribution is -2.32. The van der Waals surface area contributed by atoms with Crippen LogP contribution in [-0.4, -0.2) is 31.2 Å². The van der Waals surface area contributed by atoms with Crippen molar-refractivity contribution < 1.29 is 9.47 Å². The quantitative estimate of drug-likeness (QED) is 0.732. The Kier molecular flexibility index (Phi) is 6.29. The number of allylic oxidation sites excluding steroid dienone is 1. The van der Waals surface area contributed by atoms with E-state index in [1.807, 2.05) is 43.5 Å². The summed E-state index contributed by atoms with van der Waals surface area (Å²) in [5, 5.41) is 0. The number of hydrogen-bond acceptors (Lipinski definition) is 3. The molecule has 0 aliphatic carbocycles. The lowest BCUT2D eigenvalue weighted by molar-refractivity contribution is 0.0591. The van der Waals surface area contributed by atoms with Gasteiger partial charge in [0.05, 0.1) is 19.8 Å². The molecule has 0 amide bonds. The van der Waals surface area contributed by atoms with E-state index in [4.69, 9.17) is 16.0 Å². The molecule has 1 aliphatic heterocycles. The topological polar surface area (TPSA) is 26.1 Å². The molecule has 0 spiro atoms. The average Bonchev–Trinajstić information content (AvgIpc) is 2.68. The molecule has 0 atom stereocenters. The summed E-state index contributed by atoms with van der Waals surface area (Å²) in [6.45, 7) is 13.2. The zero-order chi connectivity index (χ0) is 18.2. The molecule has 134 valence electrons. The van der Waals surface area contributed by atoms with Crippen molar-refractivity contribution in [2.24, 2.45) is 0 Å². The van der Waals surface area contributed by atoms with Crippen LogP contribution in [0.2, 0.25) is 0 Å². The van der Waals surface area contributed by atoms with Crippen LogP contribution < -0.4 is 4.74 Å². The van der Waals surface area contributed by atoms with Crippen molar-refractivity contribution in [2.45, 2.75) is 20.0 Å². The highest BCUT2D eigenvalue weighted by Crippen LogP contribution is 2.22. The third-order valence-electron chi connectivity index (χ3n) is 4.38. The summed E-state index contributed by atoms with van der Waals surface area (Å²) in [6.07, 6.45) is 2.62. The minimum Gasteiger partial charge on any atom is -0.489 e. The van der Waals surface area contributed by atoms with Gasteiger partial charge in [0.1, 0.15) is 12.4 Å². The van der Waals surface area contributed by atoms with Gasteiger partial charge < -0.3 is 14.4 Å². The fourth-order valence-electron chi connectivity index (χ4n) is 2.96. The predicted octanol–water partition coefficient (Wildman–Crippen LogP) is 4.21. The third-order valence-corrected chi connectivity index (χ3v) is 4.38. The number of aryl methyl sites for hydroxylation is 1. The van der Waals surface area contributed by atoms with Gasteiger partial charge in [-0.25, -0.2) is 4.85 Å². The standard InChI is InChI=1S/C22H24N2O2/c1-18-14-20(15-21(23-2)16-24-10-12-25-13-11-24)8-9-22(18)26-17-19-6-4-3-5-7-19/h3-9,14,16H,10-13,15,17H2,1H3/b21-16-. The smallest absolute Gasteiger partial charge is 0.185 e. The van der Waals surface area contributed by atoms with Crippen LogP contribution in [0.4, 0.5) is 0 Å². The summed E-state index contributed by atoms with van der Waals surface area (Å²) < 4.78 is 11.3. The first-order chi connectivity index (χ1) is 12.7. The molecule has 4 heteroatoms. The summed E-state index contributed by atoms with van der Waals surface area (Å²) in [6, 6.07) is 16.3. The summed E-state index contributed by atoms with van der Waals surface area (Å²) >= 11 is 0. The average molecular weight is 348 g/mol. The first kappa shape index (κ1) is 18.0. The minimum atomic E-state index is 0.561. The first-order valence-electron chi connectivity index (χ1n) is 8.91. The van der Waals surface area contributed by atoms with Crippen LogP contribution >= 0.6 is 0 Å². The number of nitrogens with zero attached hydrogens (tertiary/aromatic N) is 2. The molecule has 4 nitrogen and oxygen atoms in total. The Balaban J connectivity index is 1.62. The number of morpholine rings is 1. The maximum absolute atomic E-state index is 7.46. The van der Waals surface area contributed by atoms with Gasteiger partial charge in [0.25, 0.3) is 0 Å². The zero-order valence-electron chi connectivity index (χ0n) is 15.1. The number of ether oxygens (including phenoxy) is 2. The zero-order valence-corrected chi connectivity index (χ0v) is 15.1. The SMILES string of the molecule is [C-]#[N+]/C(=C\N1CCOCC1)Cc1ccc(OCc2ccccc2)c(C)c1. The van der Waals surface area contributed by atoms with Crippen molar-refractivity contribution in [3.63, 3.8) is 0 Å². The Morgan fingerprint density at radius 1 is 1.15 bits per heavy atom. The molecule has 0 bridgehead atoms. The van der Waals surface area contributed by atoms with E-state index < -0.39 is 0 Å². The van der Waals surface area contributed by atoms with E-state index in [0.717, 1.165) is 54.4 Å². The van der Waals surface area contributed by atoms with E-state index in [0.29, 0.717) is 13.0 Å². The van der Waals surface area contributed by atoms with Crippen molar-refractivity contribution in [1.29, 1.82) is 0 Å². The van der Waals surface area contributed by atoms with Crippen LogP contribution in [0.5, 0.6) is 5.75 Å². The van der Waals surface area contributed by atoms with E-state index >= 15 is 0 Å². The molecular weight excluding hydrogens is 324 g/mol. The normalized spacial score (nSPS) is 14.8. The van der Waals surface area contributed by atoms with Gasteiger partial charge in [-0.2, -0.15) is 0 Å². The van der Waals surface area contributed by atoms with Crippen LogP contribution in [-0.2, 0) is 17.8 Å². The van der Waals surface area contributed by atoms with Gasteiger partial charge in [0.2, 0.25) is 0 Å². The maximum Gasteiger partial charge on any atom is 0.185 e. The van der Waals surface area contributed by atoms with Crippen molar-refractivity contribution in [1.82, 2.24) is 4.90 Å². The van der Waals surface area contributed by atoms with Gasteiger partial charge in [-0.1, -0.05) is 48.0 Å². The second kappa shape index (κ2) is 9.07. The van der Waals surface area contributed by atoms with E-state index in [9.17, 15) is 0 Å². The van der Waals surface area contributed by atoms with E-state index in [1.54, 1.807) is 0 Å². The van der Waals surface area contributed by atoms with Gasteiger partial charge in [0, 0.05) is 25.7 Å². The molecule has 0 saturated carbocycles. The monoisotopic (exact) mass is 348 g/mol.